The fraction of sp³-hybridized carbons (Fsp3) is 0. The minimum absolute atomic E-state index is 0. The number of carboxylic acids is 2. The first-order valence-corrected chi connectivity index (χ1v) is 3.34. The van der Waals surface area contributed by atoms with Gasteiger partial charge in [-0.15, -0.1) is 0 Å². The summed E-state index contributed by atoms with van der Waals surface area (Å²) in [4.78, 5) is 20.7. The van der Waals surface area contributed by atoms with Crippen molar-refractivity contribution in [1.29, 1.82) is 0 Å². The van der Waals surface area contributed by atoms with E-state index < -0.39 is 11.9 Å². The number of hydrogen-bond donors (Lipinski definition) is 1. The smallest absolute Gasteiger partial charge is 0.545 e. The SMILES string of the molecule is Nc1cc(C(=O)[O-])ccc1C(=O)[O-].[Li+].[Li+]. The average molecular weight is 193 g/mol. The molecular weight excluding hydrogens is 188 g/mol. The normalized spacial score (nSPS) is 8.27. The third kappa shape index (κ3) is 4.03. The summed E-state index contributed by atoms with van der Waals surface area (Å²) >= 11 is 0. The van der Waals surface area contributed by atoms with Gasteiger partial charge in [-0.2, -0.15) is 0 Å². The molecule has 0 aromatic heterocycles. The van der Waals surface area contributed by atoms with Crippen LogP contribution in [0.15, 0.2) is 18.2 Å². The third-order valence-electron chi connectivity index (χ3n) is 1.51. The molecule has 0 heterocycles. The van der Waals surface area contributed by atoms with E-state index in [1.165, 1.54) is 0 Å². The summed E-state index contributed by atoms with van der Waals surface area (Å²) in [5.41, 5.74) is 4.70. The van der Waals surface area contributed by atoms with Gasteiger partial charge in [0.1, 0.15) is 0 Å². The molecule has 0 aliphatic rings. The number of carboxylic acid groups (broad SMARTS) is 2. The van der Waals surface area contributed by atoms with Crippen LogP contribution in [-0.4, -0.2) is 11.9 Å². The van der Waals surface area contributed by atoms with E-state index in [1.54, 1.807) is 0 Å². The molecular formula is C8H5Li2NO4. The summed E-state index contributed by atoms with van der Waals surface area (Å²) in [7, 11) is 0. The maximum absolute atomic E-state index is 10.3. The molecule has 1 aromatic rings. The second-order valence-electron chi connectivity index (χ2n) is 2.38. The number of anilines is 1. The van der Waals surface area contributed by atoms with Crippen LogP contribution in [0.4, 0.5) is 5.69 Å². The molecule has 0 spiro atoms. The zero-order valence-corrected chi connectivity index (χ0v) is 8.44. The molecule has 0 fully saturated rings. The third-order valence-corrected chi connectivity index (χ3v) is 1.51. The van der Waals surface area contributed by atoms with Crippen LogP contribution < -0.4 is 53.7 Å². The first kappa shape index (κ1) is 16.6. The zero-order chi connectivity index (χ0) is 10.0. The first-order valence-electron chi connectivity index (χ1n) is 3.34. The number of nitrogens with two attached hydrogens (primary N) is 1. The van der Waals surface area contributed by atoms with E-state index in [1.807, 2.05) is 0 Å². The summed E-state index contributed by atoms with van der Waals surface area (Å²) in [6.07, 6.45) is 0. The van der Waals surface area contributed by atoms with E-state index in [-0.39, 0.29) is 54.5 Å². The summed E-state index contributed by atoms with van der Waals surface area (Å²) in [5, 5.41) is 20.7. The van der Waals surface area contributed by atoms with E-state index in [4.69, 9.17) is 5.73 Å². The van der Waals surface area contributed by atoms with Crippen molar-refractivity contribution in [3.05, 3.63) is 29.3 Å². The van der Waals surface area contributed by atoms with Crippen LogP contribution in [0.25, 0.3) is 0 Å². The molecule has 0 saturated carbocycles. The fourth-order valence-corrected chi connectivity index (χ4v) is 0.876. The zero-order valence-electron chi connectivity index (χ0n) is 8.44. The van der Waals surface area contributed by atoms with Crippen molar-refractivity contribution >= 4 is 17.6 Å². The fourth-order valence-electron chi connectivity index (χ4n) is 0.876. The second-order valence-corrected chi connectivity index (χ2v) is 2.38. The number of carbonyl (C=O) groups is 2. The molecule has 0 unspecified atom stereocenters. The molecule has 15 heavy (non-hydrogen) atoms. The van der Waals surface area contributed by atoms with Crippen LogP contribution in [0.2, 0.25) is 0 Å². The van der Waals surface area contributed by atoms with Crippen LogP contribution in [0, 0.1) is 0 Å². The van der Waals surface area contributed by atoms with Crippen LogP contribution in [0.5, 0.6) is 0 Å². The number of carbonyl (C=O) groups excluding carboxylic acids is 2. The van der Waals surface area contributed by atoms with Crippen molar-refractivity contribution in [3.63, 3.8) is 0 Å². The topological polar surface area (TPSA) is 106 Å². The Hall–Kier alpha value is -0.845. The van der Waals surface area contributed by atoms with Crippen LogP contribution in [0.3, 0.4) is 0 Å². The molecule has 68 valence electrons. The Morgan fingerprint density at radius 2 is 1.60 bits per heavy atom. The predicted octanol–water partition coefficient (Wildman–Crippen LogP) is -8.00. The Morgan fingerprint density at radius 1 is 1.07 bits per heavy atom. The van der Waals surface area contributed by atoms with Gasteiger partial charge in [0.2, 0.25) is 0 Å². The molecule has 0 radical (unpaired) electrons. The molecule has 1 aromatic carbocycles. The van der Waals surface area contributed by atoms with Gasteiger partial charge in [0.15, 0.2) is 0 Å². The van der Waals surface area contributed by atoms with Crippen molar-refractivity contribution < 1.29 is 57.5 Å². The van der Waals surface area contributed by atoms with E-state index in [0.717, 1.165) is 18.2 Å². The molecule has 0 amide bonds. The van der Waals surface area contributed by atoms with Gasteiger partial charge in [-0.1, -0.05) is 12.1 Å². The molecule has 0 saturated heterocycles. The van der Waals surface area contributed by atoms with Gasteiger partial charge in [0.05, 0.1) is 11.9 Å². The Labute approximate surface area is 110 Å². The maximum atomic E-state index is 10.3. The maximum Gasteiger partial charge on any atom is 1.00 e. The Bertz CT molecular complexity index is 381. The van der Waals surface area contributed by atoms with E-state index in [9.17, 15) is 19.8 Å². The molecule has 0 atom stereocenters. The quantitative estimate of drug-likeness (QED) is 0.370. The van der Waals surface area contributed by atoms with E-state index >= 15 is 0 Å². The second kappa shape index (κ2) is 6.60. The average Bonchev–Trinajstić information content (AvgIpc) is 2.03. The van der Waals surface area contributed by atoms with Crippen molar-refractivity contribution in [1.82, 2.24) is 0 Å². The molecule has 0 bridgehead atoms. The van der Waals surface area contributed by atoms with Gasteiger partial charge < -0.3 is 25.5 Å². The number of hydrogen-bond acceptors (Lipinski definition) is 5. The molecule has 5 nitrogen and oxygen atoms in total. The van der Waals surface area contributed by atoms with E-state index in [2.05, 4.69) is 0 Å². The monoisotopic (exact) mass is 193 g/mol. The molecule has 0 aliphatic heterocycles. The Balaban J connectivity index is 0. The molecule has 7 heteroatoms. The van der Waals surface area contributed by atoms with Crippen molar-refractivity contribution in [2.75, 3.05) is 5.73 Å². The summed E-state index contributed by atoms with van der Waals surface area (Å²) in [6.45, 7) is 0. The predicted molar refractivity (Wildman–Crippen MR) is 39.5 cm³/mol. The van der Waals surface area contributed by atoms with Crippen LogP contribution in [-0.2, 0) is 0 Å². The number of nitrogen functional groups attached to an aromatic ring is 1. The summed E-state index contributed by atoms with van der Waals surface area (Å²) in [6, 6.07) is 3.17. The Morgan fingerprint density at radius 3 is 1.93 bits per heavy atom. The first-order chi connectivity index (χ1) is 6.02. The van der Waals surface area contributed by atoms with Crippen LogP contribution >= 0.6 is 0 Å². The van der Waals surface area contributed by atoms with Gasteiger partial charge in [-0.3, -0.25) is 0 Å². The van der Waals surface area contributed by atoms with Gasteiger partial charge in [0.25, 0.3) is 0 Å². The van der Waals surface area contributed by atoms with Gasteiger partial charge >= 0.3 is 37.7 Å². The van der Waals surface area contributed by atoms with Gasteiger partial charge in [-0.05, 0) is 11.6 Å². The van der Waals surface area contributed by atoms with Crippen molar-refractivity contribution in [3.8, 4) is 0 Å². The minimum atomic E-state index is -1.44. The number of aromatic carboxylic acids is 2. The number of rotatable bonds is 2. The minimum Gasteiger partial charge on any atom is -0.545 e. The Kier molecular flexibility index (Phi) is 7.30. The van der Waals surface area contributed by atoms with E-state index in [0.29, 0.717) is 0 Å². The standard InChI is InChI=1S/C8H7NO4.2Li/c9-6-3-4(7(10)11)1-2-5(6)8(12)13;;/h1-3H,9H2,(H,10,11)(H,12,13);;/q;2*+1/p-2. The number of benzene rings is 1. The van der Waals surface area contributed by atoms with Gasteiger partial charge in [0, 0.05) is 11.3 Å². The molecule has 0 aliphatic carbocycles. The van der Waals surface area contributed by atoms with Crippen molar-refractivity contribution in [2.24, 2.45) is 0 Å². The largest absolute Gasteiger partial charge is 1.00 e. The molecule has 1 rings (SSSR count). The van der Waals surface area contributed by atoms with Crippen molar-refractivity contribution in [2.45, 2.75) is 0 Å². The van der Waals surface area contributed by atoms with Crippen LogP contribution in [0.1, 0.15) is 20.7 Å². The molecule has 2 N–H and O–H groups in total. The summed E-state index contributed by atoms with van der Waals surface area (Å²) in [5.74, 6) is -2.85. The summed E-state index contributed by atoms with van der Waals surface area (Å²) < 4.78 is 0. The van der Waals surface area contributed by atoms with Gasteiger partial charge in [-0.25, -0.2) is 0 Å².